The molecule has 6 aromatic carbocycles. The molecular weight excluding hydrogens is 1930 g/mol. The molecule has 6 aliphatic heterocycles. The number of H-pyrrole nitrogens is 3. The number of carbonyl (C=O) groups excluding carboxylic acids is 6. The van der Waals surface area contributed by atoms with Gasteiger partial charge in [-0.3, -0.25) is 48.4 Å². The Labute approximate surface area is 823 Å². The maximum atomic E-state index is 13.7. The third kappa shape index (κ3) is 33.7. The number of ether oxygens (including phenoxy) is 5. The fourth-order valence-electron chi connectivity index (χ4n) is 16.1. The molecule has 9 aromatic rings. The number of carbonyl (C=O) groups is 6. The van der Waals surface area contributed by atoms with Crippen molar-refractivity contribution in [3.05, 3.63) is 250 Å². The van der Waals surface area contributed by atoms with Crippen LogP contribution in [0.25, 0.3) is 22.3 Å². The topological polar surface area (TPSA) is 400 Å². The number of morpholine rings is 3. The van der Waals surface area contributed by atoms with E-state index in [4.69, 9.17) is 29.4 Å². The van der Waals surface area contributed by atoms with Crippen molar-refractivity contribution in [1.29, 1.82) is 0 Å². The van der Waals surface area contributed by atoms with Crippen molar-refractivity contribution in [2.75, 3.05) is 208 Å². The van der Waals surface area contributed by atoms with Crippen molar-refractivity contribution in [2.45, 2.75) is 90.9 Å². The molecule has 142 heavy (non-hydrogen) atoms. The molecule has 0 bridgehead atoms. The Morgan fingerprint density at radius 2 is 0.796 bits per heavy atom. The molecule has 6 saturated heterocycles. The quantitative estimate of drug-likeness (QED) is 0.0171. The van der Waals surface area contributed by atoms with Crippen molar-refractivity contribution < 1.29 is 102 Å². The maximum Gasteiger partial charge on any atom is 0.488 e. The number of aromatic nitrogens is 3. The second-order valence-corrected chi connectivity index (χ2v) is 36.8. The zero-order chi connectivity index (χ0) is 103. The Balaban J connectivity index is 0.000000178. The molecule has 3 aromatic heterocycles. The van der Waals surface area contributed by atoms with Gasteiger partial charge in [-0.25, -0.2) is 9.59 Å². The van der Waals surface area contributed by atoms with Gasteiger partial charge in [0.05, 0.1) is 114 Å². The number of nitrogens with zero attached hydrogens (tertiary/aromatic N) is 8. The molecule has 44 heteroatoms. The van der Waals surface area contributed by atoms with Crippen LogP contribution in [0.1, 0.15) is 106 Å². The highest BCUT2D eigenvalue weighted by molar-refractivity contribution is 9.10. The number of alkyl carbamates (subject to hydrolysis) is 1. The van der Waals surface area contributed by atoms with E-state index in [1.165, 1.54) is 0 Å². The number of alkyl halides is 9. The number of pyridine rings is 3. The Morgan fingerprint density at radius 1 is 0.444 bits per heavy atom. The summed E-state index contributed by atoms with van der Waals surface area (Å²) in [7, 11) is -1.45. The van der Waals surface area contributed by atoms with E-state index in [1.807, 2.05) is 96.1 Å². The van der Waals surface area contributed by atoms with E-state index in [-0.39, 0.29) is 12.6 Å². The number of hydrogen-bond acceptors (Lipinski definition) is 25. The molecule has 6 fully saturated rings. The third-order valence-electron chi connectivity index (χ3n) is 23.0. The van der Waals surface area contributed by atoms with Gasteiger partial charge in [-0.1, -0.05) is 88.7 Å². The van der Waals surface area contributed by atoms with Crippen molar-refractivity contribution in [3.63, 3.8) is 0 Å². The Morgan fingerprint density at radius 3 is 1.17 bits per heavy atom. The summed E-state index contributed by atoms with van der Waals surface area (Å²) in [5, 5.41) is 32.0. The van der Waals surface area contributed by atoms with Gasteiger partial charge in [0, 0.05) is 192 Å². The summed E-state index contributed by atoms with van der Waals surface area (Å²) >= 11 is 3.30. The number of halogens is 10. The summed E-state index contributed by atoms with van der Waals surface area (Å²) in [4.78, 5) is 130. The van der Waals surface area contributed by atoms with Crippen LogP contribution in [0.3, 0.4) is 0 Å². The van der Waals surface area contributed by atoms with Gasteiger partial charge in [0.2, 0.25) is 16.7 Å². The van der Waals surface area contributed by atoms with Crippen LogP contribution in [0.15, 0.2) is 183 Å². The van der Waals surface area contributed by atoms with Gasteiger partial charge in [0.1, 0.15) is 17.5 Å². The molecule has 6 aliphatic rings. The number of aromatic amines is 3. The molecule has 9 heterocycles. The van der Waals surface area contributed by atoms with Gasteiger partial charge in [-0.15, -0.1) is 0 Å². The Kier molecular flexibility index (Phi) is 39.6. The van der Waals surface area contributed by atoms with Crippen LogP contribution in [-0.2, 0) is 66.6 Å². The van der Waals surface area contributed by atoms with Crippen LogP contribution < -0.4 is 69.2 Å². The number of rotatable bonds is 22. The van der Waals surface area contributed by atoms with Gasteiger partial charge >= 0.3 is 37.8 Å². The number of piperazine rings is 3. The summed E-state index contributed by atoms with van der Waals surface area (Å²) in [6.07, 6.45) is -12.4. The van der Waals surface area contributed by atoms with Crippen molar-refractivity contribution in [1.82, 2.24) is 50.1 Å². The van der Waals surface area contributed by atoms with E-state index in [1.54, 1.807) is 68.1 Å². The second-order valence-electron chi connectivity index (χ2n) is 35.9. The summed E-state index contributed by atoms with van der Waals surface area (Å²) in [6.45, 7) is 31.8. The van der Waals surface area contributed by atoms with Crippen molar-refractivity contribution in [3.8, 4) is 22.3 Å². The molecule has 0 radical (unpaired) electrons. The Bertz CT molecular complexity index is 5940. The van der Waals surface area contributed by atoms with Gasteiger partial charge in [0.15, 0.2) is 0 Å². The molecule has 15 rings (SSSR count). The average Bonchev–Trinajstić information content (AvgIpc) is 0.793. The van der Waals surface area contributed by atoms with E-state index in [0.29, 0.717) is 167 Å². The number of anilines is 6. The van der Waals surface area contributed by atoms with Crippen molar-refractivity contribution >= 4 is 98.8 Å². The minimum Gasteiger partial charge on any atom is -0.444 e. The van der Waals surface area contributed by atoms with Crippen LogP contribution in [0.2, 0.25) is 0 Å². The summed E-state index contributed by atoms with van der Waals surface area (Å²) in [5.74, 6) is -2.89. The molecule has 764 valence electrons. The largest absolute Gasteiger partial charge is 0.488 e. The lowest BCUT2D eigenvalue weighted by Crippen LogP contribution is -2.49. The fraction of sp³-hybridized carbons (Fsp3) is 0.418. The molecule has 0 unspecified atom stereocenters. The lowest BCUT2D eigenvalue weighted by Gasteiger charge is -2.35. The lowest BCUT2D eigenvalue weighted by atomic mass is 9.79. The summed E-state index contributed by atoms with van der Waals surface area (Å²) < 4.78 is 149. The molecular formula is C98H118BBrF9N17O16. The predicted octanol–water partition coefficient (Wildman–Crippen LogP) is 11.2. The van der Waals surface area contributed by atoms with Gasteiger partial charge in [-0.2, -0.15) is 39.5 Å². The second kappa shape index (κ2) is 51.1. The first kappa shape index (κ1) is 110. The predicted molar refractivity (Wildman–Crippen MR) is 526 cm³/mol. The zero-order valence-corrected chi connectivity index (χ0v) is 81.1. The minimum absolute atomic E-state index is 0.00505. The molecule has 0 saturated carbocycles. The smallest absolute Gasteiger partial charge is 0.444 e. The van der Waals surface area contributed by atoms with Gasteiger partial charge in [0.25, 0.3) is 17.7 Å². The molecule has 0 spiro atoms. The number of benzene rings is 6. The van der Waals surface area contributed by atoms with E-state index in [2.05, 4.69) is 101 Å². The maximum absolute atomic E-state index is 13.7. The third-order valence-corrected chi connectivity index (χ3v) is 23.5. The van der Waals surface area contributed by atoms with Crippen LogP contribution in [0, 0.1) is 0 Å². The number of nitrogens with two attached hydrogens (primary N) is 1. The average molecular weight is 2050 g/mol. The first-order valence-electron chi connectivity index (χ1n) is 46.2. The SMILES string of the molecule is CC(C)(C)OC(=O)N1CCN(Cc2cccc(B(O)O)c2)CC1.CC(C)(C)OC(=O)NCC=O.NCCN1CCN(Cc2cccc(-c3ccc(N4CCOCC4)c(NC(=O)c4c[nH]c(=O)cc4C(F)(F)F)c3)c2)CC1.O=C(Nc1cc(-c2cccc(CN3CCNCC3)c2)ccc1N1CCOCC1)c1c[nH]c(=O)cc1C(F)(F)F.O=C(Nc1cc(Br)ccc1N1CCOCC1)c1c[nH]c(=O)cc1C(F)(F)F. The van der Waals surface area contributed by atoms with E-state index >= 15 is 0 Å². The van der Waals surface area contributed by atoms with Crippen LogP contribution in [-0.4, -0.2) is 281 Å². The zero-order valence-electron chi connectivity index (χ0n) is 79.5. The van der Waals surface area contributed by atoms with Crippen LogP contribution in [0.4, 0.5) is 83.2 Å². The summed E-state index contributed by atoms with van der Waals surface area (Å²) in [5.41, 5.74) is 6.55. The molecule has 0 aliphatic carbocycles. The highest BCUT2D eigenvalue weighted by Gasteiger charge is 2.40. The summed E-state index contributed by atoms with van der Waals surface area (Å²) in [6, 6.07) is 41.1. The first-order chi connectivity index (χ1) is 67.4. The molecule has 5 amide bonds. The standard InChI is InChI=1S/C30H35F3N6O3.C28H30F3N5O3.C17H15BrF3N3O3.C16H25BN2O4.C7H13NO3/c31-30(32,33)25-18-28(40)35-19-24(25)29(41)36-26-17-23(4-5-27(26)39-12-14-42-15-13-39)22-3-1-2-21(16-22)20-38-10-8-37(7-6-34)9-11-38;29-28(30,31)23-16-26(37)33-17-22(23)27(38)34-24-15-21(4-5-25(24)36-10-12-39-13-11-36)20-3-1-2-19(14-20)18-35-8-6-32-7-9-35;18-10-1-2-14(24-3-5-27-6-4-24)13(7-10)23-16(26)11-9-22-15(25)8-12(11)17(19,20)21;1-16(2,3)23-15(20)19-9-7-18(8-10-19)12-13-5-4-6-14(11-13)17(21)22;1-7(2,3)11-6(10)8-4-5-9/h1-5,16-19H,6-15,20,34H2,(H,35,40)(H,36,41);1-5,14-17,32H,6-13,18H2,(H,33,37)(H,34,38);1-2,7-9H,3-6H2,(H,22,25)(H,23,26);4-6,11,21-22H,7-10,12H2,1-3H3;5H,4H2,1-3H3,(H,8,10). The van der Waals surface area contributed by atoms with Crippen LogP contribution in [0.5, 0.6) is 0 Å². The monoisotopic (exact) mass is 2050 g/mol. The number of amides is 5. The number of nitrogens with one attached hydrogen (secondary N) is 8. The first-order valence-corrected chi connectivity index (χ1v) is 47.0. The van der Waals surface area contributed by atoms with E-state index in [0.717, 1.165) is 149 Å². The van der Waals surface area contributed by atoms with Crippen molar-refractivity contribution in [2.24, 2.45) is 5.73 Å². The lowest BCUT2D eigenvalue weighted by molar-refractivity contribution is -0.138. The highest BCUT2D eigenvalue weighted by Crippen LogP contribution is 2.40. The number of aldehydes is 1. The molecule has 33 nitrogen and oxygen atoms in total. The van der Waals surface area contributed by atoms with E-state index < -0.39 is 111 Å². The fourth-order valence-corrected chi connectivity index (χ4v) is 16.5. The number of hydrogen-bond donors (Lipinski definition) is 11. The highest BCUT2D eigenvalue weighted by atomic mass is 79.9. The molecule has 0 atom stereocenters. The van der Waals surface area contributed by atoms with Gasteiger partial charge in [-0.05, 0) is 141 Å². The minimum atomic E-state index is -4.87. The van der Waals surface area contributed by atoms with E-state index in [9.17, 15) is 92.7 Å². The van der Waals surface area contributed by atoms with Crippen LogP contribution >= 0.6 is 15.9 Å². The normalized spacial score (nSPS) is 15.9. The molecule has 12 N–H and O–H groups in total. The van der Waals surface area contributed by atoms with Gasteiger partial charge < -0.3 is 105 Å². The Hall–Kier alpha value is -12.3.